The Morgan fingerprint density at radius 3 is 2.17 bits per heavy atom. The summed E-state index contributed by atoms with van der Waals surface area (Å²) in [5, 5.41) is 0. The molecule has 0 radical (unpaired) electrons. The second-order valence-corrected chi connectivity index (χ2v) is 7.17. The van der Waals surface area contributed by atoms with Gasteiger partial charge in [-0.25, -0.2) is 0 Å². The molecule has 150 valence electrons. The average molecular weight is 393 g/mol. The molecule has 1 saturated heterocycles. The Hall–Kier alpha value is -3.19. The van der Waals surface area contributed by atoms with Crippen LogP contribution in [0.5, 0.6) is 5.75 Å². The Morgan fingerprint density at radius 2 is 1.55 bits per heavy atom. The van der Waals surface area contributed by atoms with Gasteiger partial charge in [-0.05, 0) is 30.3 Å². The molecule has 0 spiro atoms. The molecule has 29 heavy (non-hydrogen) atoms. The number of methoxy groups -OCH3 is 1. The molecule has 0 aliphatic carbocycles. The lowest BCUT2D eigenvalue weighted by Gasteiger charge is -2.35. The van der Waals surface area contributed by atoms with Crippen LogP contribution in [0.3, 0.4) is 0 Å². The van der Waals surface area contributed by atoms with Crippen LogP contribution in [-0.2, 0) is 0 Å². The molecule has 0 atom stereocenters. The van der Waals surface area contributed by atoms with Crippen LogP contribution in [-0.4, -0.2) is 78.8 Å². The number of amides is 3. The number of hydrogen-bond donors (Lipinski definition) is 0. The largest absolute Gasteiger partial charge is 0.497 e. The second-order valence-electron chi connectivity index (χ2n) is 7.17. The van der Waals surface area contributed by atoms with Crippen LogP contribution in [0, 0.1) is 0 Å². The van der Waals surface area contributed by atoms with Gasteiger partial charge in [0.1, 0.15) is 5.75 Å². The van der Waals surface area contributed by atoms with Crippen molar-refractivity contribution >= 4 is 17.7 Å². The fraction of sp³-hybridized carbons (Fsp3) is 0.318. The maximum absolute atomic E-state index is 12.7. The van der Waals surface area contributed by atoms with Gasteiger partial charge in [0.25, 0.3) is 17.7 Å². The molecule has 0 bridgehead atoms. The van der Waals surface area contributed by atoms with Crippen molar-refractivity contribution in [3.05, 3.63) is 65.2 Å². The first kappa shape index (κ1) is 19.1. The third-order valence-electron chi connectivity index (χ3n) is 5.49. The van der Waals surface area contributed by atoms with Gasteiger partial charge >= 0.3 is 0 Å². The van der Waals surface area contributed by atoms with Crippen molar-refractivity contribution in [3.63, 3.8) is 0 Å². The van der Waals surface area contributed by atoms with Crippen molar-refractivity contribution in [1.29, 1.82) is 0 Å². The first-order chi connectivity index (χ1) is 14.1. The van der Waals surface area contributed by atoms with E-state index in [1.165, 1.54) is 4.90 Å². The van der Waals surface area contributed by atoms with Crippen LogP contribution in [0.25, 0.3) is 0 Å². The number of carbonyl (C=O) groups is 3. The van der Waals surface area contributed by atoms with Crippen molar-refractivity contribution in [2.75, 3.05) is 46.4 Å². The third kappa shape index (κ3) is 3.73. The molecular weight excluding hydrogens is 370 g/mol. The third-order valence-corrected chi connectivity index (χ3v) is 5.49. The highest BCUT2D eigenvalue weighted by Gasteiger charge is 2.35. The predicted molar refractivity (Wildman–Crippen MR) is 107 cm³/mol. The quantitative estimate of drug-likeness (QED) is 0.724. The minimum Gasteiger partial charge on any atom is -0.497 e. The summed E-state index contributed by atoms with van der Waals surface area (Å²) in [6.07, 6.45) is 0. The van der Waals surface area contributed by atoms with E-state index < -0.39 is 0 Å². The lowest BCUT2D eigenvalue weighted by atomic mass is 10.1. The Bertz CT molecular complexity index is 916. The molecule has 3 amide bonds. The Morgan fingerprint density at radius 1 is 0.897 bits per heavy atom. The fourth-order valence-corrected chi connectivity index (χ4v) is 3.80. The van der Waals surface area contributed by atoms with Gasteiger partial charge in [-0.1, -0.05) is 18.2 Å². The maximum atomic E-state index is 12.7. The van der Waals surface area contributed by atoms with Gasteiger partial charge < -0.3 is 9.64 Å². The van der Waals surface area contributed by atoms with Gasteiger partial charge in [-0.2, -0.15) is 0 Å². The van der Waals surface area contributed by atoms with Crippen molar-refractivity contribution < 1.29 is 19.1 Å². The van der Waals surface area contributed by atoms with Crippen LogP contribution in [0.2, 0.25) is 0 Å². The molecule has 0 saturated carbocycles. The Balaban J connectivity index is 1.30. The zero-order chi connectivity index (χ0) is 20.4. The number of nitrogens with zero attached hydrogens (tertiary/aromatic N) is 3. The van der Waals surface area contributed by atoms with Gasteiger partial charge in [0.15, 0.2) is 0 Å². The summed E-state index contributed by atoms with van der Waals surface area (Å²) in [6.45, 7) is 3.59. The number of imide groups is 1. The van der Waals surface area contributed by atoms with E-state index in [9.17, 15) is 14.4 Å². The average Bonchev–Trinajstić information content (AvgIpc) is 3.02. The number of piperazine rings is 1. The smallest absolute Gasteiger partial charge is 0.261 e. The number of ether oxygens (including phenoxy) is 1. The first-order valence-corrected chi connectivity index (χ1v) is 9.69. The molecule has 0 unspecified atom stereocenters. The molecule has 0 N–H and O–H groups in total. The highest BCUT2D eigenvalue weighted by Crippen LogP contribution is 2.22. The Labute approximate surface area is 169 Å². The van der Waals surface area contributed by atoms with E-state index in [1.54, 1.807) is 43.5 Å². The van der Waals surface area contributed by atoms with E-state index in [0.29, 0.717) is 61.7 Å². The summed E-state index contributed by atoms with van der Waals surface area (Å²) in [5.74, 6) is 0.203. The molecule has 4 rings (SSSR count). The van der Waals surface area contributed by atoms with Crippen molar-refractivity contribution in [1.82, 2.24) is 14.7 Å². The topological polar surface area (TPSA) is 70.2 Å². The molecule has 7 heteroatoms. The summed E-state index contributed by atoms with van der Waals surface area (Å²) in [6, 6.07) is 14.1. The molecule has 2 aromatic rings. The number of fused-ring (bicyclic) bond motifs is 1. The summed E-state index contributed by atoms with van der Waals surface area (Å²) in [4.78, 5) is 42.9. The molecule has 2 heterocycles. The van der Waals surface area contributed by atoms with Gasteiger partial charge in [0, 0.05) is 44.8 Å². The second kappa shape index (κ2) is 8.05. The molecule has 2 aromatic carbocycles. The van der Waals surface area contributed by atoms with Gasteiger partial charge in [0.2, 0.25) is 0 Å². The van der Waals surface area contributed by atoms with Crippen LogP contribution in [0.1, 0.15) is 31.1 Å². The van der Waals surface area contributed by atoms with Crippen LogP contribution < -0.4 is 4.74 Å². The number of benzene rings is 2. The zero-order valence-electron chi connectivity index (χ0n) is 16.3. The highest BCUT2D eigenvalue weighted by atomic mass is 16.5. The SMILES string of the molecule is COc1cccc(C(=O)N2CCN(CCN3C(=O)c4ccccc4C3=O)CC2)c1. The summed E-state index contributed by atoms with van der Waals surface area (Å²) >= 11 is 0. The van der Waals surface area contributed by atoms with Crippen LogP contribution >= 0.6 is 0 Å². The number of carbonyl (C=O) groups excluding carboxylic acids is 3. The molecular formula is C22H23N3O4. The predicted octanol–water partition coefficient (Wildman–Crippen LogP) is 1.75. The molecule has 0 aromatic heterocycles. The first-order valence-electron chi connectivity index (χ1n) is 9.69. The summed E-state index contributed by atoms with van der Waals surface area (Å²) in [5.41, 5.74) is 1.57. The highest BCUT2D eigenvalue weighted by molar-refractivity contribution is 6.21. The molecule has 2 aliphatic rings. The normalized spacial score (nSPS) is 16.9. The van der Waals surface area contributed by atoms with E-state index in [1.807, 2.05) is 17.0 Å². The van der Waals surface area contributed by atoms with E-state index in [0.717, 1.165) is 0 Å². The van der Waals surface area contributed by atoms with Crippen molar-refractivity contribution in [3.8, 4) is 5.75 Å². The lowest BCUT2D eigenvalue weighted by Crippen LogP contribution is -2.50. The van der Waals surface area contributed by atoms with Gasteiger partial charge in [-0.15, -0.1) is 0 Å². The lowest BCUT2D eigenvalue weighted by molar-refractivity contribution is 0.0578. The minimum atomic E-state index is -0.225. The van der Waals surface area contributed by atoms with E-state index in [4.69, 9.17) is 4.74 Å². The monoisotopic (exact) mass is 393 g/mol. The van der Waals surface area contributed by atoms with Gasteiger partial charge in [0.05, 0.1) is 18.2 Å². The molecule has 7 nitrogen and oxygen atoms in total. The molecule has 2 aliphatic heterocycles. The maximum Gasteiger partial charge on any atom is 0.261 e. The fourth-order valence-electron chi connectivity index (χ4n) is 3.80. The molecule has 1 fully saturated rings. The van der Waals surface area contributed by atoms with Crippen molar-refractivity contribution in [2.24, 2.45) is 0 Å². The van der Waals surface area contributed by atoms with Crippen LogP contribution in [0.15, 0.2) is 48.5 Å². The Kier molecular flexibility index (Phi) is 5.31. The van der Waals surface area contributed by atoms with Crippen LogP contribution in [0.4, 0.5) is 0 Å². The zero-order valence-corrected chi connectivity index (χ0v) is 16.3. The standard InChI is InChI=1S/C22H23N3O4/c1-29-17-6-4-5-16(15-17)20(26)24-12-9-23(10-13-24)11-14-25-21(27)18-7-2-3-8-19(18)22(25)28/h2-8,15H,9-14H2,1H3. The van der Waals surface area contributed by atoms with Crippen molar-refractivity contribution in [2.45, 2.75) is 0 Å². The van der Waals surface area contributed by atoms with E-state index >= 15 is 0 Å². The van der Waals surface area contributed by atoms with Gasteiger partial charge in [-0.3, -0.25) is 24.2 Å². The summed E-state index contributed by atoms with van der Waals surface area (Å²) < 4.78 is 5.19. The number of hydrogen-bond acceptors (Lipinski definition) is 5. The summed E-state index contributed by atoms with van der Waals surface area (Å²) in [7, 11) is 1.58. The van der Waals surface area contributed by atoms with E-state index in [-0.39, 0.29) is 17.7 Å². The number of rotatable bonds is 5. The minimum absolute atomic E-state index is 0.0103. The van der Waals surface area contributed by atoms with E-state index in [2.05, 4.69) is 4.90 Å².